The van der Waals surface area contributed by atoms with Gasteiger partial charge in [-0.25, -0.2) is 15.4 Å². The fraction of sp³-hybridized carbons (Fsp3) is 0.812. The Bertz CT molecular complexity index is 414. The molecule has 0 fully saturated rings. The van der Waals surface area contributed by atoms with Crippen LogP contribution in [-0.2, 0) is 14.3 Å². The molecule has 148 valence electrons. The predicted octanol–water partition coefficient (Wildman–Crippen LogP) is 1.94. The number of carbonyl (C=O) groups is 3. The smallest absolute Gasteiger partial charge is 0.407 e. The number of hydrogen-bond donors (Lipinski definition) is 4. The number of hydrogen-bond acceptors (Lipinski definition) is 6. The molecule has 9 heteroatoms. The Morgan fingerprint density at radius 1 is 0.880 bits per heavy atom. The highest BCUT2D eigenvalue weighted by Gasteiger charge is 2.15. The largest absolute Gasteiger partial charge is 0.444 e. The van der Waals surface area contributed by atoms with Crippen LogP contribution in [0.1, 0.15) is 67.2 Å². The summed E-state index contributed by atoms with van der Waals surface area (Å²) < 4.78 is 9.65. The molecule has 0 rings (SSSR count). The molecule has 0 saturated heterocycles. The van der Waals surface area contributed by atoms with Crippen molar-refractivity contribution in [3.63, 3.8) is 0 Å². The van der Waals surface area contributed by atoms with E-state index in [1.807, 2.05) is 20.8 Å². The SMILES string of the molecule is CC(C)(C)OC(=O)NCCCCCC(=O)NN.CC(C)(C)OC(N)=O. The summed E-state index contributed by atoms with van der Waals surface area (Å²) in [5.41, 5.74) is 5.87. The van der Waals surface area contributed by atoms with Gasteiger partial charge in [0.1, 0.15) is 11.2 Å². The van der Waals surface area contributed by atoms with Gasteiger partial charge in [0.25, 0.3) is 0 Å². The lowest BCUT2D eigenvalue weighted by Gasteiger charge is -2.19. The standard InChI is InChI=1S/C11H23N3O3.C5H11NO2/c1-11(2,3)17-10(16)13-8-6-4-5-7-9(15)14-12;1-5(2,3)8-4(6)7/h4-8,12H2,1-3H3,(H,13,16)(H,14,15);1-3H3,(H2,6,7). The highest BCUT2D eigenvalue weighted by Crippen LogP contribution is 2.06. The zero-order valence-corrected chi connectivity index (χ0v) is 16.2. The molecule has 0 heterocycles. The molecule has 0 radical (unpaired) electrons. The number of carbonyl (C=O) groups excluding carboxylic acids is 3. The highest BCUT2D eigenvalue weighted by molar-refractivity contribution is 5.75. The number of nitrogens with two attached hydrogens (primary N) is 2. The molecule has 0 aromatic heterocycles. The quantitative estimate of drug-likeness (QED) is 0.246. The van der Waals surface area contributed by atoms with Gasteiger partial charge in [0.2, 0.25) is 5.91 Å². The molecule has 25 heavy (non-hydrogen) atoms. The number of rotatable bonds is 6. The molecule has 0 saturated carbocycles. The summed E-state index contributed by atoms with van der Waals surface area (Å²) in [4.78, 5) is 32.0. The Balaban J connectivity index is 0. The molecule has 0 unspecified atom stereocenters. The fourth-order valence-electron chi connectivity index (χ4n) is 1.47. The molecule has 0 aliphatic carbocycles. The number of primary amides is 1. The van der Waals surface area contributed by atoms with E-state index < -0.39 is 23.4 Å². The van der Waals surface area contributed by atoms with Crippen molar-refractivity contribution in [3.8, 4) is 0 Å². The number of unbranched alkanes of at least 4 members (excludes halogenated alkanes) is 2. The van der Waals surface area contributed by atoms with Gasteiger partial charge < -0.3 is 20.5 Å². The Hall–Kier alpha value is -2.03. The van der Waals surface area contributed by atoms with E-state index in [2.05, 4.69) is 15.5 Å². The van der Waals surface area contributed by atoms with Crippen LogP contribution in [0.5, 0.6) is 0 Å². The van der Waals surface area contributed by atoms with E-state index in [4.69, 9.17) is 16.3 Å². The van der Waals surface area contributed by atoms with Crippen molar-refractivity contribution in [3.05, 3.63) is 0 Å². The number of alkyl carbamates (subject to hydrolysis) is 1. The maximum absolute atomic E-state index is 11.2. The van der Waals surface area contributed by atoms with E-state index in [-0.39, 0.29) is 5.91 Å². The van der Waals surface area contributed by atoms with E-state index >= 15 is 0 Å². The molecule has 9 nitrogen and oxygen atoms in total. The van der Waals surface area contributed by atoms with Gasteiger partial charge in [-0.3, -0.25) is 10.2 Å². The number of amides is 3. The van der Waals surface area contributed by atoms with Gasteiger partial charge in [0.05, 0.1) is 0 Å². The second-order valence-corrected chi connectivity index (χ2v) is 7.34. The van der Waals surface area contributed by atoms with Crippen LogP contribution in [0.25, 0.3) is 0 Å². The molecule has 0 atom stereocenters. The lowest BCUT2D eigenvalue weighted by atomic mass is 10.2. The second kappa shape index (κ2) is 12.3. The third-order valence-electron chi connectivity index (χ3n) is 2.32. The van der Waals surface area contributed by atoms with Gasteiger partial charge >= 0.3 is 12.2 Å². The van der Waals surface area contributed by atoms with Crippen molar-refractivity contribution in [1.29, 1.82) is 0 Å². The molecule has 0 aromatic rings. The van der Waals surface area contributed by atoms with Gasteiger partial charge in [-0.05, 0) is 54.4 Å². The van der Waals surface area contributed by atoms with E-state index in [1.54, 1.807) is 20.8 Å². The third kappa shape index (κ3) is 24.3. The normalized spacial score (nSPS) is 10.8. The van der Waals surface area contributed by atoms with Gasteiger partial charge in [-0.2, -0.15) is 0 Å². The van der Waals surface area contributed by atoms with Crippen LogP contribution in [-0.4, -0.2) is 35.8 Å². The minimum atomic E-state index is -0.725. The molecule has 3 amide bonds. The van der Waals surface area contributed by atoms with Gasteiger partial charge in [0.15, 0.2) is 0 Å². The average molecular weight is 362 g/mol. The van der Waals surface area contributed by atoms with Crippen LogP contribution in [0, 0.1) is 0 Å². The number of nitrogens with one attached hydrogen (secondary N) is 2. The van der Waals surface area contributed by atoms with Crippen molar-refractivity contribution in [2.24, 2.45) is 11.6 Å². The first-order valence-corrected chi connectivity index (χ1v) is 8.21. The van der Waals surface area contributed by atoms with Gasteiger partial charge in [0, 0.05) is 13.0 Å². The molecular formula is C16H34N4O5. The summed E-state index contributed by atoms with van der Waals surface area (Å²) in [5.74, 6) is 4.78. The van der Waals surface area contributed by atoms with Gasteiger partial charge in [-0.15, -0.1) is 0 Å². The lowest BCUT2D eigenvalue weighted by Crippen LogP contribution is -2.33. The lowest BCUT2D eigenvalue weighted by molar-refractivity contribution is -0.121. The Labute approximate surface area is 150 Å². The third-order valence-corrected chi connectivity index (χ3v) is 2.32. The highest BCUT2D eigenvalue weighted by atomic mass is 16.6. The molecule has 0 spiro atoms. The van der Waals surface area contributed by atoms with E-state index in [9.17, 15) is 14.4 Å². The zero-order chi connectivity index (χ0) is 20.1. The van der Waals surface area contributed by atoms with E-state index in [1.165, 1.54) is 0 Å². The van der Waals surface area contributed by atoms with Gasteiger partial charge in [-0.1, -0.05) is 6.42 Å². The molecule has 0 bridgehead atoms. The van der Waals surface area contributed by atoms with Crippen LogP contribution in [0.3, 0.4) is 0 Å². The molecular weight excluding hydrogens is 328 g/mol. The minimum absolute atomic E-state index is 0.162. The fourth-order valence-corrected chi connectivity index (χ4v) is 1.47. The maximum Gasteiger partial charge on any atom is 0.407 e. The van der Waals surface area contributed by atoms with E-state index in [0.717, 1.165) is 19.3 Å². The summed E-state index contributed by atoms with van der Waals surface area (Å²) in [6.07, 6.45) is 1.73. The number of ether oxygens (including phenoxy) is 2. The van der Waals surface area contributed by atoms with Crippen LogP contribution in [0.2, 0.25) is 0 Å². The topological polar surface area (TPSA) is 146 Å². The predicted molar refractivity (Wildman–Crippen MR) is 95.5 cm³/mol. The van der Waals surface area contributed by atoms with Crippen molar-refractivity contribution in [1.82, 2.24) is 10.7 Å². The van der Waals surface area contributed by atoms with Crippen molar-refractivity contribution < 1.29 is 23.9 Å². The van der Waals surface area contributed by atoms with Crippen LogP contribution in [0.15, 0.2) is 0 Å². The van der Waals surface area contributed by atoms with Crippen LogP contribution >= 0.6 is 0 Å². The summed E-state index contributed by atoms with van der Waals surface area (Å²) in [5, 5.41) is 2.65. The Kier molecular flexibility index (Phi) is 12.5. The Morgan fingerprint density at radius 3 is 1.76 bits per heavy atom. The Morgan fingerprint density at radius 2 is 1.40 bits per heavy atom. The van der Waals surface area contributed by atoms with Crippen molar-refractivity contribution in [2.45, 2.75) is 78.4 Å². The molecule has 0 aliphatic heterocycles. The monoisotopic (exact) mass is 362 g/mol. The van der Waals surface area contributed by atoms with Crippen molar-refractivity contribution in [2.75, 3.05) is 6.54 Å². The summed E-state index contributed by atoms with van der Waals surface area (Å²) in [6.45, 7) is 11.3. The molecule has 6 N–H and O–H groups in total. The molecule has 0 aromatic carbocycles. The first kappa shape index (κ1) is 25.2. The summed E-state index contributed by atoms with van der Waals surface area (Å²) >= 11 is 0. The maximum atomic E-state index is 11.2. The zero-order valence-electron chi connectivity index (χ0n) is 16.2. The van der Waals surface area contributed by atoms with Crippen LogP contribution < -0.4 is 22.3 Å². The minimum Gasteiger partial charge on any atom is -0.444 e. The van der Waals surface area contributed by atoms with E-state index in [0.29, 0.717) is 13.0 Å². The first-order valence-electron chi connectivity index (χ1n) is 8.21. The number of hydrazine groups is 1. The summed E-state index contributed by atoms with van der Waals surface area (Å²) in [6, 6.07) is 0. The van der Waals surface area contributed by atoms with Crippen molar-refractivity contribution >= 4 is 18.1 Å². The first-order chi connectivity index (χ1) is 11.3. The average Bonchev–Trinajstić information content (AvgIpc) is 2.38. The second-order valence-electron chi connectivity index (χ2n) is 7.34. The molecule has 0 aliphatic rings. The summed E-state index contributed by atoms with van der Waals surface area (Å²) in [7, 11) is 0. The van der Waals surface area contributed by atoms with Crippen LogP contribution in [0.4, 0.5) is 9.59 Å².